The minimum Gasteiger partial charge on any atom is -0.495 e. The molecule has 0 amide bonds. The summed E-state index contributed by atoms with van der Waals surface area (Å²) in [4.78, 5) is 0. The lowest BCUT2D eigenvalue weighted by Gasteiger charge is -2.11. The molecule has 3 aromatic rings. The summed E-state index contributed by atoms with van der Waals surface area (Å²) in [5.41, 5.74) is 1.89. The molecule has 0 aliphatic carbocycles. The van der Waals surface area contributed by atoms with Crippen molar-refractivity contribution in [3.05, 3.63) is 58.2 Å². The molecule has 0 atom stereocenters. The summed E-state index contributed by atoms with van der Waals surface area (Å²) in [7, 11) is 1.56. The van der Waals surface area contributed by atoms with E-state index in [2.05, 4.69) is 33.4 Å². The number of methoxy groups -OCH3 is 1. The van der Waals surface area contributed by atoms with Crippen LogP contribution in [-0.2, 0) is 6.54 Å². The van der Waals surface area contributed by atoms with Gasteiger partial charge in [0.1, 0.15) is 18.1 Å². The zero-order valence-electron chi connectivity index (χ0n) is 14.5. The number of halogens is 1. The van der Waals surface area contributed by atoms with E-state index >= 15 is 0 Å². The van der Waals surface area contributed by atoms with Crippen LogP contribution >= 0.6 is 11.6 Å². The highest BCUT2D eigenvalue weighted by Crippen LogP contribution is 2.27. The number of hydrogen-bond donors (Lipinski definition) is 2. The average molecular weight is 379 g/mol. The maximum atomic E-state index is 9.19. The molecule has 1 heterocycles. The summed E-state index contributed by atoms with van der Waals surface area (Å²) in [5, 5.41) is 31.7. The number of nitrogens with zero attached hydrogens (tertiary/aromatic N) is 3. The maximum absolute atomic E-state index is 9.19. The van der Waals surface area contributed by atoms with Gasteiger partial charge in [-0.3, -0.25) is 0 Å². The zero-order chi connectivity index (χ0) is 19.2. The van der Waals surface area contributed by atoms with Gasteiger partial charge >= 0.3 is 0 Å². The van der Waals surface area contributed by atoms with Crippen molar-refractivity contribution in [2.24, 2.45) is 0 Å². The zero-order valence-corrected chi connectivity index (χ0v) is 15.2. The highest BCUT2D eigenvalue weighted by Gasteiger charge is 2.10. The molecule has 7 heteroatoms. The first-order chi connectivity index (χ1) is 13.2. The van der Waals surface area contributed by atoms with Gasteiger partial charge in [0.15, 0.2) is 5.82 Å². The number of aliphatic hydroxyl groups excluding tert-OH is 1. The number of fused-ring (bicyclic) bond motifs is 1. The van der Waals surface area contributed by atoms with E-state index in [1.54, 1.807) is 31.4 Å². The van der Waals surface area contributed by atoms with E-state index in [-0.39, 0.29) is 6.61 Å². The highest BCUT2D eigenvalue weighted by molar-refractivity contribution is 6.32. The van der Waals surface area contributed by atoms with E-state index in [0.29, 0.717) is 34.4 Å². The fraction of sp³-hybridized carbons (Fsp3) is 0.150. The molecule has 0 saturated heterocycles. The Morgan fingerprint density at radius 2 is 2.04 bits per heavy atom. The fourth-order valence-corrected chi connectivity index (χ4v) is 2.86. The molecule has 0 bridgehead atoms. The van der Waals surface area contributed by atoms with Crippen LogP contribution in [0.15, 0.2) is 36.4 Å². The lowest BCUT2D eigenvalue weighted by Crippen LogP contribution is -2.05. The molecule has 0 fully saturated rings. The molecule has 0 spiro atoms. The van der Waals surface area contributed by atoms with Crippen LogP contribution < -0.4 is 10.1 Å². The van der Waals surface area contributed by atoms with Gasteiger partial charge in [0.25, 0.3) is 0 Å². The standard InChI is InChI=1S/C20H15ClN4O2/c1-27-19-7-5-14(10-17(19)21)12-23-20-16-9-13(11-22)4-6-15(16)18(24-25-20)3-2-8-26/h4-7,9-10,26H,8,12H2,1H3,(H,23,25). The third-order valence-corrected chi connectivity index (χ3v) is 4.17. The second-order valence-electron chi connectivity index (χ2n) is 5.55. The van der Waals surface area contributed by atoms with Crippen molar-refractivity contribution < 1.29 is 9.84 Å². The van der Waals surface area contributed by atoms with Crippen molar-refractivity contribution in [1.82, 2.24) is 10.2 Å². The van der Waals surface area contributed by atoms with Gasteiger partial charge in [0, 0.05) is 17.3 Å². The molecule has 27 heavy (non-hydrogen) atoms. The van der Waals surface area contributed by atoms with Crippen molar-refractivity contribution in [1.29, 1.82) is 5.26 Å². The number of aromatic nitrogens is 2. The van der Waals surface area contributed by atoms with Crippen molar-refractivity contribution in [3.8, 4) is 23.7 Å². The van der Waals surface area contributed by atoms with Crippen LogP contribution in [0.3, 0.4) is 0 Å². The number of ether oxygens (including phenoxy) is 1. The number of nitrogens with one attached hydrogen (secondary N) is 1. The van der Waals surface area contributed by atoms with Crippen molar-refractivity contribution >= 4 is 28.2 Å². The van der Waals surface area contributed by atoms with E-state index in [9.17, 15) is 5.26 Å². The van der Waals surface area contributed by atoms with Gasteiger partial charge in [0.2, 0.25) is 0 Å². The summed E-state index contributed by atoms with van der Waals surface area (Å²) < 4.78 is 5.16. The van der Waals surface area contributed by atoms with Gasteiger partial charge in [-0.15, -0.1) is 10.2 Å². The maximum Gasteiger partial charge on any atom is 0.156 e. The normalized spacial score (nSPS) is 10.0. The first-order valence-corrected chi connectivity index (χ1v) is 8.40. The Bertz CT molecular complexity index is 1100. The molecule has 3 rings (SSSR count). The molecular formula is C20H15ClN4O2. The third-order valence-electron chi connectivity index (χ3n) is 3.87. The van der Waals surface area contributed by atoms with Gasteiger partial charge < -0.3 is 15.2 Å². The predicted octanol–water partition coefficient (Wildman–Crippen LogP) is 3.12. The monoisotopic (exact) mass is 378 g/mol. The molecule has 0 aliphatic heterocycles. The summed E-state index contributed by atoms with van der Waals surface area (Å²) in [5.74, 6) is 6.49. The number of benzene rings is 2. The fourth-order valence-electron chi connectivity index (χ4n) is 2.58. The van der Waals surface area contributed by atoms with E-state index in [1.807, 2.05) is 12.1 Å². The number of rotatable bonds is 4. The summed E-state index contributed by atoms with van der Waals surface area (Å²) in [6, 6.07) is 12.8. The van der Waals surface area contributed by atoms with Crippen LogP contribution in [0.2, 0.25) is 5.02 Å². The second kappa shape index (κ2) is 8.37. The van der Waals surface area contributed by atoms with Crippen LogP contribution in [0.25, 0.3) is 10.8 Å². The Kier molecular flexibility index (Phi) is 5.73. The van der Waals surface area contributed by atoms with Crippen molar-refractivity contribution in [3.63, 3.8) is 0 Å². The Balaban J connectivity index is 1.96. The quantitative estimate of drug-likeness (QED) is 0.678. The Labute approximate surface area is 161 Å². The van der Waals surface area contributed by atoms with Crippen LogP contribution in [0.5, 0.6) is 5.75 Å². The minimum absolute atomic E-state index is 0.266. The third kappa shape index (κ3) is 4.09. The van der Waals surface area contributed by atoms with Gasteiger partial charge in [-0.25, -0.2) is 0 Å². The van der Waals surface area contributed by atoms with E-state index in [4.69, 9.17) is 21.4 Å². The lowest BCUT2D eigenvalue weighted by molar-refractivity contribution is 0.350. The number of nitriles is 1. The molecule has 2 aromatic carbocycles. The van der Waals surface area contributed by atoms with Crippen molar-refractivity contribution in [2.45, 2.75) is 6.54 Å². The van der Waals surface area contributed by atoms with Gasteiger partial charge in [-0.05, 0) is 35.7 Å². The van der Waals surface area contributed by atoms with Gasteiger partial charge in [-0.2, -0.15) is 5.26 Å². The largest absolute Gasteiger partial charge is 0.495 e. The highest BCUT2D eigenvalue weighted by atomic mass is 35.5. The van der Waals surface area contributed by atoms with Crippen molar-refractivity contribution in [2.75, 3.05) is 19.0 Å². The molecule has 0 aliphatic rings. The van der Waals surface area contributed by atoms with E-state index in [1.165, 1.54) is 0 Å². The Hall–Kier alpha value is -3.32. The van der Waals surface area contributed by atoms with Crippen LogP contribution in [0.1, 0.15) is 16.8 Å². The van der Waals surface area contributed by atoms with Gasteiger partial charge in [0.05, 0.1) is 23.8 Å². The smallest absolute Gasteiger partial charge is 0.156 e. The first kappa shape index (κ1) is 18.5. The average Bonchev–Trinajstić information content (AvgIpc) is 2.70. The SMILES string of the molecule is COc1ccc(CNc2nnc(C#CCO)c3ccc(C#N)cc23)cc1Cl. The second-order valence-corrected chi connectivity index (χ2v) is 5.96. The van der Waals surface area contributed by atoms with Gasteiger partial charge in [-0.1, -0.05) is 29.7 Å². The molecule has 6 nitrogen and oxygen atoms in total. The molecule has 2 N–H and O–H groups in total. The van der Waals surface area contributed by atoms with Crippen LogP contribution in [-0.4, -0.2) is 29.0 Å². The lowest BCUT2D eigenvalue weighted by atomic mass is 10.1. The van der Waals surface area contributed by atoms with Crippen LogP contribution in [0.4, 0.5) is 5.82 Å². The van der Waals surface area contributed by atoms with E-state index in [0.717, 1.165) is 16.3 Å². The number of anilines is 1. The predicted molar refractivity (Wildman–Crippen MR) is 104 cm³/mol. The molecule has 1 aromatic heterocycles. The molecule has 0 saturated carbocycles. The van der Waals surface area contributed by atoms with E-state index < -0.39 is 0 Å². The van der Waals surface area contributed by atoms with Crippen LogP contribution in [0, 0.1) is 23.2 Å². The molecular weight excluding hydrogens is 364 g/mol. The first-order valence-electron chi connectivity index (χ1n) is 8.03. The molecule has 0 unspecified atom stereocenters. The number of hydrogen-bond acceptors (Lipinski definition) is 6. The summed E-state index contributed by atoms with van der Waals surface area (Å²) in [6.45, 7) is 0.198. The molecule has 0 radical (unpaired) electrons. The summed E-state index contributed by atoms with van der Waals surface area (Å²) in [6.07, 6.45) is 0. The molecule has 134 valence electrons. The Morgan fingerprint density at radius 3 is 2.74 bits per heavy atom. The number of aliphatic hydroxyl groups is 1. The summed E-state index contributed by atoms with van der Waals surface area (Å²) >= 11 is 6.16. The Morgan fingerprint density at radius 1 is 1.19 bits per heavy atom. The minimum atomic E-state index is -0.266. The topological polar surface area (TPSA) is 91.1 Å².